The molecule has 0 bridgehead atoms. The topological polar surface area (TPSA) is 53.4 Å². The maximum Gasteiger partial charge on any atom is 0.257 e. The van der Waals surface area contributed by atoms with Crippen molar-refractivity contribution in [2.75, 3.05) is 7.05 Å². The average Bonchev–Trinajstić information content (AvgIpc) is 2.39. The van der Waals surface area contributed by atoms with Crippen molar-refractivity contribution in [3.05, 3.63) is 58.9 Å². The monoisotopic (exact) mass is 276 g/mol. The molecule has 1 aromatic heterocycles. The number of aromatic nitrogens is 1. The van der Waals surface area contributed by atoms with E-state index in [1.165, 1.54) is 17.0 Å². The Labute approximate surface area is 116 Å². The summed E-state index contributed by atoms with van der Waals surface area (Å²) in [5.74, 6) is -0.398. The van der Waals surface area contributed by atoms with E-state index in [0.29, 0.717) is 11.6 Å². The lowest BCUT2D eigenvalue weighted by Gasteiger charge is -2.17. The highest BCUT2D eigenvalue weighted by molar-refractivity contribution is 6.30. The van der Waals surface area contributed by atoms with Crippen LogP contribution in [0.3, 0.4) is 0 Å². The number of carbonyl (C=O) groups is 1. The van der Waals surface area contributed by atoms with Crippen LogP contribution in [0.15, 0.2) is 42.6 Å². The summed E-state index contributed by atoms with van der Waals surface area (Å²) in [6.07, 6.45) is 1.67. The molecule has 5 heteroatoms. The van der Waals surface area contributed by atoms with Crippen LogP contribution in [0.5, 0.6) is 5.75 Å². The SMILES string of the molecule is CN(Cc1ccccn1)C(=O)c1ccc(Cl)cc1O. The van der Waals surface area contributed by atoms with E-state index in [1.54, 1.807) is 19.3 Å². The van der Waals surface area contributed by atoms with Gasteiger partial charge in [-0.15, -0.1) is 0 Å². The molecule has 0 radical (unpaired) electrons. The average molecular weight is 277 g/mol. The van der Waals surface area contributed by atoms with E-state index in [1.807, 2.05) is 18.2 Å². The van der Waals surface area contributed by atoms with Gasteiger partial charge in [0.2, 0.25) is 0 Å². The van der Waals surface area contributed by atoms with Gasteiger partial charge in [-0.05, 0) is 30.3 Å². The smallest absolute Gasteiger partial charge is 0.257 e. The van der Waals surface area contributed by atoms with Crippen LogP contribution in [-0.4, -0.2) is 27.9 Å². The Hall–Kier alpha value is -2.07. The molecule has 0 saturated carbocycles. The van der Waals surface area contributed by atoms with E-state index < -0.39 is 0 Å². The van der Waals surface area contributed by atoms with E-state index in [2.05, 4.69) is 4.98 Å². The minimum absolute atomic E-state index is 0.120. The minimum atomic E-state index is -0.278. The number of aromatic hydroxyl groups is 1. The highest BCUT2D eigenvalue weighted by atomic mass is 35.5. The fraction of sp³-hybridized carbons (Fsp3) is 0.143. The van der Waals surface area contributed by atoms with Crippen LogP contribution in [0.25, 0.3) is 0 Å². The van der Waals surface area contributed by atoms with Crippen LogP contribution >= 0.6 is 11.6 Å². The first-order valence-electron chi connectivity index (χ1n) is 5.72. The van der Waals surface area contributed by atoms with Crippen molar-refractivity contribution in [1.82, 2.24) is 9.88 Å². The maximum absolute atomic E-state index is 12.2. The predicted octanol–water partition coefficient (Wildman–Crippen LogP) is 2.71. The number of hydrogen-bond donors (Lipinski definition) is 1. The van der Waals surface area contributed by atoms with E-state index in [4.69, 9.17) is 11.6 Å². The summed E-state index contributed by atoms with van der Waals surface area (Å²) in [5.41, 5.74) is 1.01. The van der Waals surface area contributed by atoms with Gasteiger partial charge in [0.15, 0.2) is 0 Å². The number of benzene rings is 1. The Bertz CT molecular complexity index is 587. The van der Waals surface area contributed by atoms with Gasteiger partial charge in [0.05, 0.1) is 17.8 Å². The van der Waals surface area contributed by atoms with Crippen LogP contribution in [-0.2, 0) is 6.54 Å². The quantitative estimate of drug-likeness (QED) is 0.938. The number of phenolic OH excluding ortho intramolecular Hbond substituents is 1. The first kappa shape index (κ1) is 13.4. The van der Waals surface area contributed by atoms with Gasteiger partial charge in [0, 0.05) is 18.3 Å². The van der Waals surface area contributed by atoms with Crippen molar-refractivity contribution in [3.8, 4) is 5.75 Å². The summed E-state index contributed by atoms with van der Waals surface area (Å²) in [5, 5.41) is 10.1. The van der Waals surface area contributed by atoms with Crippen LogP contribution in [0, 0.1) is 0 Å². The third-order valence-corrected chi connectivity index (χ3v) is 2.90. The Kier molecular flexibility index (Phi) is 4.02. The maximum atomic E-state index is 12.2. The highest BCUT2D eigenvalue weighted by Crippen LogP contribution is 2.23. The van der Waals surface area contributed by atoms with E-state index in [-0.39, 0.29) is 17.2 Å². The molecule has 4 nitrogen and oxygen atoms in total. The Morgan fingerprint density at radius 3 is 2.79 bits per heavy atom. The zero-order chi connectivity index (χ0) is 13.8. The summed E-state index contributed by atoms with van der Waals surface area (Å²) in [7, 11) is 1.66. The second-order valence-electron chi connectivity index (χ2n) is 4.14. The molecule has 2 aromatic rings. The van der Waals surface area contributed by atoms with Gasteiger partial charge in [-0.2, -0.15) is 0 Å². The fourth-order valence-electron chi connectivity index (χ4n) is 1.70. The zero-order valence-electron chi connectivity index (χ0n) is 10.4. The molecule has 0 unspecified atom stereocenters. The number of carbonyl (C=O) groups excluding carboxylic acids is 1. The van der Waals surface area contributed by atoms with E-state index in [9.17, 15) is 9.90 Å². The summed E-state index contributed by atoms with van der Waals surface area (Å²) in [6.45, 7) is 0.377. The van der Waals surface area contributed by atoms with Gasteiger partial charge in [-0.3, -0.25) is 9.78 Å². The molecule has 0 saturated heterocycles. The number of rotatable bonds is 3. The van der Waals surface area contributed by atoms with Crippen molar-refractivity contribution in [2.24, 2.45) is 0 Å². The summed E-state index contributed by atoms with van der Waals surface area (Å²) >= 11 is 5.74. The molecule has 98 valence electrons. The lowest BCUT2D eigenvalue weighted by atomic mass is 10.1. The third-order valence-electron chi connectivity index (χ3n) is 2.66. The summed E-state index contributed by atoms with van der Waals surface area (Å²) in [4.78, 5) is 17.8. The Balaban J connectivity index is 2.15. The highest BCUT2D eigenvalue weighted by Gasteiger charge is 2.16. The van der Waals surface area contributed by atoms with Gasteiger partial charge in [0.1, 0.15) is 5.75 Å². The molecule has 1 amide bonds. The molecule has 1 aromatic carbocycles. The predicted molar refractivity (Wildman–Crippen MR) is 73.2 cm³/mol. The molecule has 2 rings (SSSR count). The molecule has 0 aliphatic carbocycles. The zero-order valence-corrected chi connectivity index (χ0v) is 11.1. The molecular formula is C14H13ClN2O2. The normalized spacial score (nSPS) is 10.2. The second kappa shape index (κ2) is 5.71. The van der Waals surface area contributed by atoms with Crippen molar-refractivity contribution in [3.63, 3.8) is 0 Å². The largest absolute Gasteiger partial charge is 0.507 e. The lowest BCUT2D eigenvalue weighted by Crippen LogP contribution is -2.26. The van der Waals surface area contributed by atoms with Gasteiger partial charge in [-0.1, -0.05) is 17.7 Å². The molecule has 0 aliphatic heterocycles. The Morgan fingerprint density at radius 1 is 1.37 bits per heavy atom. The first-order valence-corrected chi connectivity index (χ1v) is 6.09. The van der Waals surface area contributed by atoms with Gasteiger partial charge in [-0.25, -0.2) is 0 Å². The van der Waals surface area contributed by atoms with Gasteiger partial charge in [0.25, 0.3) is 5.91 Å². The second-order valence-corrected chi connectivity index (χ2v) is 4.58. The van der Waals surface area contributed by atoms with Gasteiger partial charge < -0.3 is 10.0 Å². The molecule has 19 heavy (non-hydrogen) atoms. The number of halogens is 1. The van der Waals surface area contributed by atoms with Crippen LogP contribution in [0.1, 0.15) is 16.1 Å². The van der Waals surface area contributed by atoms with Crippen molar-refractivity contribution < 1.29 is 9.90 Å². The summed E-state index contributed by atoms with van der Waals surface area (Å²) < 4.78 is 0. The number of amides is 1. The molecule has 0 spiro atoms. The molecular weight excluding hydrogens is 264 g/mol. The molecule has 0 fully saturated rings. The van der Waals surface area contributed by atoms with Crippen LogP contribution < -0.4 is 0 Å². The van der Waals surface area contributed by atoms with Crippen LogP contribution in [0.4, 0.5) is 0 Å². The number of hydrogen-bond acceptors (Lipinski definition) is 3. The van der Waals surface area contributed by atoms with Gasteiger partial charge >= 0.3 is 0 Å². The Morgan fingerprint density at radius 2 is 2.16 bits per heavy atom. The molecule has 0 atom stereocenters. The van der Waals surface area contributed by atoms with Crippen molar-refractivity contribution in [2.45, 2.75) is 6.54 Å². The van der Waals surface area contributed by atoms with Crippen LogP contribution in [0.2, 0.25) is 5.02 Å². The standard InChI is InChI=1S/C14H13ClN2O2/c1-17(9-11-4-2-3-7-16-11)14(19)12-6-5-10(15)8-13(12)18/h2-8,18H,9H2,1H3. The molecule has 1 heterocycles. The minimum Gasteiger partial charge on any atom is -0.507 e. The lowest BCUT2D eigenvalue weighted by molar-refractivity contribution is 0.0780. The van der Waals surface area contributed by atoms with E-state index >= 15 is 0 Å². The number of phenols is 1. The summed E-state index contributed by atoms with van der Waals surface area (Å²) in [6, 6.07) is 9.95. The third kappa shape index (κ3) is 3.23. The number of pyridine rings is 1. The van der Waals surface area contributed by atoms with Crippen molar-refractivity contribution >= 4 is 17.5 Å². The molecule has 1 N–H and O–H groups in total. The number of nitrogens with zero attached hydrogens (tertiary/aromatic N) is 2. The first-order chi connectivity index (χ1) is 9.08. The fourth-order valence-corrected chi connectivity index (χ4v) is 1.86. The van der Waals surface area contributed by atoms with E-state index in [0.717, 1.165) is 5.69 Å². The van der Waals surface area contributed by atoms with Crippen molar-refractivity contribution in [1.29, 1.82) is 0 Å². The molecule has 0 aliphatic rings.